The monoisotopic (exact) mass is 302 g/mol. The second-order valence-electron chi connectivity index (χ2n) is 5.72. The van der Waals surface area contributed by atoms with Crippen LogP contribution in [-0.4, -0.2) is 14.6 Å². The van der Waals surface area contributed by atoms with Crippen LogP contribution in [0.5, 0.6) is 0 Å². The minimum atomic E-state index is 0.233. The molecular formula is C19H18N4. The third-order valence-corrected chi connectivity index (χ3v) is 4.24. The van der Waals surface area contributed by atoms with E-state index < -0.39 is 0 Å². The van der Waals surface area contributed by atoms with Gasteiger partial charge < -0.3 is 5.32 Å². The summed E-state index contributed by atoms with van der Waals surface area (Å²) in [4.78, 5) is 0. The van der Waals surface area contributed by atoms with E-state index in [1.165, 1.54) is 16.3 Å². The SMILES string of the molecule is C[C@@H](NCc1nnc2ccccn12)c1cccc2ccccc12. The molecule has 0 aliphatic rings. The highest BCUT2D eigenvalue weighted by molar-refractivity contribution is 5.86. The van der Waals surface area contributed by atoms with Gasteiger partial charge in [-0.2, -0.15) is 0 Å². The molecule has 4 heteroatoms. The van der Waals surface area contributed by atoms with Crippen molar-refractivity contribution in [3.05, 3.63) is 78.2 Å². The van der Waals surface area contributed by atoms with Crippen molar-refractivity contribution in [3.8, 4) is 0 Å². The minimum Gasteiger partial charge on any atom is -0.303 e. The van der Waals surface area contributed by atoms with Gasteiger partial charge in [0.05, 0.1) is 6.54 Å². The molecule has 0 saturated heterocycles. The molecule has 23 heavy (non-hydrogen) atoms. The van der Waals surface area contributed by atoms with Crippen molar-refractivity contribution in [3.63, 3.8) is 0 Å². The summed E-state index contributed by atoms with van der Waals surface area (Å²) in [6.07, 6.45) is 1.99. The molecule has 1 atom stereocenters. The molecule has 0 unspecified atom stereocenters. The van der Waals surface area contributed by atoms with Crippen LogP contribution < -0.4 is 5.32 Å². The average molecular weight is 302 g/mol. The molecular weight excluding hydrogens is 284 g/mol. The average Bonchev–Trinajstić information content (AvgIpc) is 3.02. The van der Waals surface area contributed by atoms with Gasteiger partial charge in [0, 0.05) is 12.2 Å². The molecule has 4 rings (SSSR count). The van der Waals surface area contributed by atoms with E-state index in [4.69, 9.17) is 0 Å². The van der Waals surface area contributed by atoms with Crippen LogP contribution in [0.3, 0.4) is 0 Å². The van der Waals surface area contributed by atoms with Gasteiger partial charge in [0.1, 0.15) is 0 Å². The van der Waals surface area contributed by atoms with Crippen molar-refractivity contribution < 1.29 is 0 Å². The molecule has 0 aliphatic heterocycles. The van der Waals surface area contributed by atoms with Crippen LogP contribution in [0.15, 0.2) is 66.9 Å². The van der Waals surface area contributed by atoms with Crippen LogP contribution in [0.2, 0.25) is 0 Å². The largest absolute Gasteiger partial charge is 0.303 e. The van der Waals surface area contributed by atoms with Crippen molar-refractivity contribution in [2.45, 2.75) is 19.5 Å². The van der Waals surface area contributed by atoms with Crippen LogP contribution in [-0.2, 0) is 6.54 Å². The van der Waals surface area contributed by atoms with Crippen molar-refractivity contribution in [1.82, 2.24) is 19.9 Å². The predicted octanol–water partition coefficient (Wildman–Crippen LogP) is 3.73. The van der Waals surface area contributed by atoms with E-state index in [9.17, 15) is 0 Å². The Morgan fingerprint density at radius 2 is 1.78 bits per heavy atom. The second-order valence-corrected chi connectivity index (χ2v) is 5.72. The van der Waals surface area contributed by atoms with E-state index in [2.05, 4.69) is 64.9 Å². The van der Waals surface area contributed by atoms with E-state index in [-0.39, 0.29) is 6.04 Å². The molecule has 0 radical (unpaired) electrons. The zero-order chi connectivity index (χ0) is 15.6. The Balaban J connectivity index is 1.59. The van der Waals surface area contributed by atoms with Crippen LogP contribution >= 0.6 is 0 Å². The van der Waals surface area contributed by atoms with Gasteiger partial charge in [-0.3, -0.25) is 4.40 Å². The van der Waals surface area contributed by atoms with E-state index in [1.807, 2.05) is 28.8 Å². The van der Waals surface area contributed by atoms with E-state index in [1.54, 1.807) is 0 Å². The molecule has 114 valence electrons. The summed E-state index contributed by atoms with van der Waals surface area (Å²) < 4.78 is 2.02. The Morgan fingerprint density at radius 1 is 0.957 bits per heavy atom. The van der Waals surface area contributed by atoms with Gasteiger partial charge in [0.15, 0.2) is 11.5 Å². The molecule has 2 aromatic heterocycles. The Labute approximate surface area is 134 Å². The molecule has 0 saturated carbocycles. The number of nitrogens with one attached hydrogen (secondary N) is 1. The predicted molar refractivity (Wildman–Crippen MR) is 92.2 cm³/mol. The number of hydrogen-bond donors (Lipinski definition) is 1. The molecule has 0 fully saturated rings. The van der Waals surface area contributed by atoms with E-state index in [0.717, 1.165) is 11.5 Å². The molecule has 1 N–H and O–H groups in total. The number of nitrogens with zero attached hydrogens (tertiary/aromatic N) is 3. The van der Waals surface area contributed by atoms with Gasteiger partial charge in [-0.15, -0.1) is 10.2 Å². The normalized spacial score (nSPS) is 12.7. The smallest absolute Gasteiger partial charge is 0.160 e. The highest BCUT2D eigenvalue weighted by Gasteiger charge is 2.10. The van der Waals surface area contributed by atoms with Crippen LogP contribution in [0, 0.1) is 0 Å². The minimum absolute atomic E-state index is 0.233. The number of benzene rings is 2. The number of fused-ring (bicyclic) bond motifs is 2. The van der Waals surface area contributed by atoms with Gasteiger partial charge in [-0.05, 0) is 35.4 Å². The maximum absolute atomic E-state index is 4.27. The molecule has 0 bridgehead atoms. The van der Waals surface area contributed by atoms with Crippen LogP contribution in [0.4, 0.5) is 0 Å². The molecule has 2 aromatic carbocycles. The number of pyridine rings is 1. The molecule has 0 amide bonds. The summed E-state index contributed by atoms with van der Waals surface area (Å²) >= 11 is 0. The lowest BCUT2D eigenvalue weighted by molar-refractivity contribution is 0.559. The maximum atomic E-state index is 4.27. The van der Waals surface area contributed by atoms with E-state index in [0.29, 0.717) is 6.54 Å². The number of aromatic nitrogens is 3. The first-order chi connectivity index (χ1) is 11.3. The summed E-state index contributed by atoms with van der Waals surface area (Å²) in [5.41, 5.74) is 2.18. The van der Waals surface area contributed by atoms with Gasteiger partial charge in [-0.1, -0.05) is 48.5 Å². The van der Waals surface area contributed by atoms with Crippen molar-refractivity contribution >= 4 is 16.4 Å². The van der Waals surface area contributed by atoms with Crippen LogP contribution in [0.1, 0.15) is 24.4 Å². The standard InChI is InChI=1S/C19H18N4/c1-14(16-10-6-8-15-7-2-3-9-17(15)16)20-13-19-22-21-18-11-4-5-12-23(18)19/h2-12,14,20H,13H2,1H3/t14-/m1/s1. The zero-order valence-corrected chi connectivity index (χ0v) is 13.0. The summed E-state index contributed by atoms with van der Waals surface area (Å²) in [6.45, 7) is 2.86. The van der Waals surface area contributed by atoms with Gasteiger partial charge in [0.2, 0.25) is 0 Å². The first-order valence-corrected chi connectivity index (χ1v) is 7.82. The van der Waals surface area contributed by atoms with E-state index >= 15 is 0 Å². The molecule has 0 spiro atoms. The van der Waals surface area contributed by atoms with Crippen molar-refractivity contribution in [1.29, 1.82) is 0 Å². The Morgan fingerprint density at radius 3 is 2.74 bits per heavy atom. The fourth-order valence-corrected chi connectivity index (χ4v) is 2.99. The summed E-state index contributed by atoms with van der Waals surface area (Å²) in [5, 5.41) is 14.6. The highest BCUT2D eigenvalue weighted by atomic mass is 15.3. The Bertz CT molecular complexity index is 952. The van der Waals surface area contributed by atoms with Gasteiger partial charge in [0.25, 0.3) is 0 Å². The molecule has 4 aromatic rings. The summed E-state index contributed by atoms with van der Waals surface area (Å²) in [6, 6.07) is 21.1. The number of rotatable bonds is 4. The fraction of sp³-hybridized carbons (Fsp3) is 0.158. The topological polar surface area (TPSA) is 42.2 Å². The summed E-state index contributed by atoms with van der Waals surface area (Å²) in [7, 11) is 0. The van der Waals surface area contributed by atoms with Crippen LogP contribution in [0.25, 0.3) is 16.4 Å². The molecule has 4 nitrogen and oxygen atoms in total. The van der Waals surface area contributed by atoms with Crippen molar-refractivity contribution in [2.75, 3.05) is 0 Å². The first kappa shape index (κ1) is 13.9. The third-order valence-electron chi connectivity index (χ3n) is 4.24. The number of hydrogen-bond acceptors (Lipinski definition) is 3. The molecule has 2 heterocycles. The quantitative estimate of drug-likeness (QED) is 0.624. The Hall–Kier alpha value is -2.72. The maximum Gasteiger partial charge on any atom is 0.160 e. The lowest BCUT2D eigenvalue weighted by Crippen LogP contribution is -2.19. The Kier molecular flexibility index (Phi) is 3.52. The first-order valence-electron chi connectivity index (χ1n) is 7.82. The zero-order valence-electron chi connectivity index (χ0n) is 13.0. The van der Waals surface area contributed by atoms with Gasteiger partial charge >= 0.3 is 0 Å². The fourth-order valence-electron chi connectivity index (χ4n) is 2.99. The molecule has 0 aliphatic carbocycles. The highest BCUT2D eigenvalue weighted by Crippen LogP contribution is 2.24. The lowest BCUT2D eigenvalue weighted by atomic mass is 10.00. The lowest BCUT2D eigenvalue weighted by Gasteiger charge is -2.16. The third kappa shape index (κ3) is 2.58. The van der Waals surface area contributed by atoms with Gasteiger partial charge in [-0.25, -0.2) is 0 Å². The van der Waals surface area contributed by atoms with Crippen molar-refractivity contribution in [2.24, 2.45) is 0 Å². The second kappa shape index (κ2) is 5.82. The summed E-state index contributed by atoms with van der Waals surface area (Å²) in [5.74, 6) is 0.924.